The molecule has 1 unspecified atom stereocenters. The van der Waals surface area contributed by atoms with Crippen molar-refractivity contribution in [2.45, 2.75) is 12.5 Å². The minimum absolute atomic E-state index is 0.0915. The smallest absolute Gasteiger partial charge is 0.129 e. The van der Waals surface area contributed by atoms with Crippen LogP contribution in [0.1, 0.15) is 17.3 Å². The molecule has 3 nitrogen and oxygen atoms in total. The number of halogens is 2. The van der Waals surface area contributed by atoms with E-state index in [0.29, 0.717) is 12.0 Å². The number of hydrogen-bond donors (Lipinski definition) is 1. The van der Waals surface area contributed by atoms with Crippen molar-refractivity contribution in [3.05, 3.63) is 53.6 Å². The first kappa shape index (κ1) is 12.7. The van der Waals surface area contributed by atoms with E-state index in [1.54, 1.807) is 13.4 Å². The Morgan fingerprint density at radius 3 is 2.72 bits per heavy atom. The molecule has 1 N–H and O–H groups in total. The maximum atomic E-state index is 13.6. The molecule has 0 aliphatic rings. The highest BCUT2D eigenvalue weighted by Crippen LogP contribution is 2.19. The molecule has 18 heavy (non-hydrogen) atoms. The highest BCUT2D eigenvalue weighted by atomic mass is 19.1. The van der Waals surface area contributed by atoms with Crippen LogP contribution in [0.5, 0.6) is 0 Å². The lowest BCUT2D eigenvalue weighted by atomic mass is 10.0. The molecule has 0 spiro atoms. The number of aromatic nitrogens is 2. The first-order chi connectivity index (χ1) is 8.60. The fraction of sp³-hybridized carbons (Fsp3) is 0.308. The average Bonchev–Trinajstić information content (AvgIpc) is 2.75. The van der Waals surface area contributed by atoms with E-state index in [2.05, 4.69) is 10.3 Å². The van der Waals surface area contributed by atoms with E-state index in [9.17, 15) is 8.78 Å². The van der Waals surface area contributed by atoms with Gasteiger partial charge in [0, 0.05) is 19.3 Å². The van der Waals surface area contributed by atoms with Gasteiger partial charge in [0.15, 0.2) is 0 Å². The van der Waals surface area contributed by atoms with Gasteiger partial charge in [0.2, 0.25) is 0 Å². The Kier molecular flexibility index (Phi) is 3.72. The first-order valence-electron chi connectivity index (χ1n) is 5.69. The number of nitrogens with one attached hydrogen (secondary N) is 1. The molecule has 2 rings (SSSR count). The first-order valence-corrected chi connectivity index (χ1v) is 5.69. The summed E-state index contributed by atoms with van der Waals surface area (Å²) in [6, 6.07) is 3.55. The summed E-state index contributed by atoms with van der Waals surface area (Å²) in [4.78, 5) is 4.23. The Bertz CT molecular complexity index is 537. The van der Waals surface area contributed by atoms with Crippen LogP contribution in [-0.4, -0.2) is 16.6 Å². The van der Waals surface area contributed by atoms with E-state index in [1.165, 1.54) is 12.1 Å². The van der Waals surface area contributed by atoms with Crippen LogP contribution in [0.4, 0.5) is 8.78 Å². The molecule has 0 amide bonds. The fourth-order valence-electron chi connectivity index (χ4n) is 1.87. The van der Waals surface area contributed by atoms with Crippen molar-refractivity contribution >= 4 is 0 Å². The largest absolute Gasteiger partial charge is 0.340 e. The van der Waals surface area contributed by atoms with Gasteiger partial charge in [-0.15, -0.1) is 0 Å². The van der Waals surface area contributed by atoms with Gasteiger partial charge >= 0.3 is 0 Å². The predicted molar refractivity (Wildman–Crippen MR) is 65.1 cm³/mol. The zero-order valence-electron chi connectivity index (χ0n) is 10.3. The second-order valence-corrected chi connectivity index (χ2v) is 4.25. The van der Waals surface area contributed by atoms with E-state index < -0.39 is 11.6 Å². The number of aryl methyl sites for hydroxylation is 1. The van der Waals surface area contributed by atoms with E-state index >= 15 is 0 Å². The van der Waals surface area contributed by atoms with Gasteiger partial charge in [-0.3, -0.25) is 0 Å². The third-order valence-electron chi connectivity index (χ3n) is 2.87. The van der Waals surface area contributed by atoms with Crippen molar-refractivity contribution < 1.29 is 8.78 Å². The summed E-state index contributed by atoms with van der Waals surface area (Å²) < 4.78 is 28.2. The quantitative estimate of drug-likeness (QED) is 0.902. The molecular weight excluding hydrogens is 236 g/mol. The SMILES string of the molecule is CNC(Cc1ccc(F)cc1F)c1cn(C)cn1. The predicted octanol–water partition coefficient (Wildman–Crippen LogP) is 2.20. The van der Waals surface area contributed by atoms with E-state index in [-0.39, 0.29) is 6.04 Å². The molecule has 96 valence electrons. The molecule has 0 aliphatic carbocycles. The standard InChI is InChI=1S/C13H15F2N3/c1-16-12(13-7-18(2)8-17-13)5-9-3-4-10(14)6-11(9)15/h3-4,6-8,12,16H,5H2,1-2H3. The number of likely N-dealkylation sites (N-methyl/N-ethyl adjacent to an activating group) is 1. The van der Waals surface area contributed by atoms with Crippen molar-refractivity contribution in [3.63, 3.8) is 0 Å². The highest BCUT2D eigenvalue weighted by Gasteiger charge is 2.15. The third kappa shape index (κ3) is 2.73. The van der Waals surface area contributed by atoms with Gasteiger partial charge in [-0.25, -0.2) is 13.8 Å². The normalized spacial score (nSPS) is 12.7. The van der Waals surface area contributed by atoms with Gasteiger partial charge < -0.3 is 9.88 Å². The van der Waals surface area contributed by atoms with Crippen LogP contribution in [0.15, 0.2) is 30.7 Å². The molecule has 1 atom stereocenters. The molecule has 0 bridgehead atoms. The Morgan fingerprint density at radius 1 is 1.39 bits per heavy atom. The Hall–Kier alpha value is -1.75. The zero-order chi connectivity index (χ0) is 13.1. The van der Waals surface area contributed by atoms with Crippen LogP contribution >= 0.6 is 0 Å². The lowest BCUT2D eigenvalue weighted by molar-refractivity contribution is 0.535. The van der Waals surface area contributed by atoms with Gasteiger partial charge in [-0.2, -0.15) is 0 Å². The minimum Gasteiger partial charge on any atom is -0.340 e. The number of benzene rings is 1. The summed E-state index contributed by atoms with van der Waals surface area (Å²) >= 11 is 0. The molecule has 0 radical (unpaired) electrons. The second kappa shape index (κ2) is 5.27. The van der Waals surface area contributed by atoms with E-state index in [1.807, 2.05) is 17.8 Å². The second-order valence-electron chi connectivity index (χ2n) is 4.25. The molecule has 1 aromatic carbocycles. The molecule has 0 saturated carbocycles. The number of nitrogens with zero attached hydrogens (tertiary/aromatic N) is 2. The molecular formula is C13H15F2N3. The van der Waals surface area contributed by atoms with Crippen molar-refractivity contribution in [2.24, 2.45) is 7.05 Å². The maximum absolute atomic E-state index is 13.6. The maximum Gasteiger partial charge on any atom is 0.129 e. The van der Waals surface area contributed by atoms with Crippen LogP contribution in [0.2, 0.25) is 0 Å². The molecule has 0 fully saturated rings. The van der Waals surface area contributed by atoms with Crippen molar-refractivity contribution in [3.8, 4) is 0 Å². The summed E-state index contributed by atoms with van der Waals surface area (Å²) in [6.07, 6.45) is 4.00. The number of hydrogen-bond acceptors (Lipinski definition) is 2. The topological polar surface area (TPSA) is 29.9 Å². The Balaban J connectivity index is 2.20. The lowest BCUT2D eigenvalue weighted by Crippen LogP contribution is -2.19. The van der Waals surface area contributed by atoms with Crippen molar-refractivity contribution in [1.29, 1.82) is 0 Å². The Labute approximate surface area is 104 Å². The van der Waals surface area contributed by atoms with Crippen LogP contribution in [-0.2, 0) is 13.5 Å². The average molecular weight is 251 g/mol. The van der Waals surface area contributed by atoms with Gasteiger partial charge in [0.1, 0.15) is 11.6 Å². The van der Waals surface area contributed by atoms with E-state index in [4.69, 9.17) is 0 Å². The molecule has 2 aromatic rings. The van der Waals surface area contributed by atoms with Crippen LogP contribution < -0.4 is 5.32 Å². The summed E-state index contributed by atoms with van der Waals surface area (Å²) in [5.74, 6) is -1.08. The highest BCUT2D eigenvalue weighted by molar-refractivity contribution is 5.21. The molecule has 1 heterocycles. The van der Waals surface area contributed by atoms with Crippen LogP contribution in [0, 0.1) is 11.6 Å². The summed E-state index contributed by atoms with van der Waals surface area (Å²) in [6.45, 7) is 0. The van der Waals surface area contributed by atoms with Crippen LogP contribution in [0.25, 0.3) is 0 Å². The molecule has 1 aromatic heterocycles. The van der Waals surface area contributed by atoms with Gasteiger partial charge in [-0.1, -0.05) is 6.07 Å². The number of rotatable bonds is 4. The number of imidazole rings is 1. The molecule has 5 heteroatoms. The van der Waals surface area contributed by atoms with Crippen molar-refractivity contribution in [2.75, 3.05) is 7.05 Å². The van der Waals surface area contributed by atoms with Gasteiger partial charge in [0.05, 0.1) is 18.1 Å². The summed E-state index contributed by atoms with van der Waals surface area (Å²) in [7, 11) is 3.67. The zero-order valence-corrected chi connectivity index (χ0v) is 10.3. The van der Waals surface area contributed by atoms with Crippen LogP contribution in [0.3, 0.4) is 0 Å². The van der Waals surface area contributed by atoms with E-state index in [0.717, 1.165) is 11.8 Å². The minimum atomic E-state index is -0.560. The molecule has 0 saturated heterocycles. The third-order valence-corrected chi connectivity index (χ3v) is 2.87. The molecule has 0 aliphatic heterocycles. The van der Waals surface area contributed by atoms with Crippen molar-refractivity contribution in [1.82, 2.24) is 14.9 Å². The fourth-order valence-corrected chi connectivity index (χ4v) is 1.87. The lowest BCUT2D eigenvalue weighted by Gasteiger charge is -2.14. The van der Waals surface area contributed by atoms with Gasteiger partial charge in [0.25, 0.3) is 0 Å². The van der Waals surface area contributed by atoms with Gasteiger partial charge in [-0.05, 0) is 25.1 Å². The summed E-state index contributed by atoms with van der Waals surface area (Å²) in [5.41, 5.74) is 1.31. The monoisotopic (exact) mass is 251 g/mol. The summed E-state index contributed by atoms with van der Waals surface area (Å²) in [5, 5.41) is 3.09. The Morgan fingerprint density at radius 2 is 2.17 bits per heavy atom.